The average Bonchev–Trinajstić information content (AvgIpc) is 2.80. The van der Waals surface area contributed by atoms with Gasteiger partial charge in [-0.25, -0.2) is 8.42 Å². The van der Waals surface area contributed by atoms with Crippen LogP contribution in [-0.2, 0) is 22.3 Å². The summed E-state index contributed by atoms with van der Waals surface area (Å²) < 4.78 is 29.2. The molecule has 170 valence electrons. The SMILES string of the molecule is Cc1ccc(NS(=O)(=O)Cc2ccccc2)c(=O)n1CCCNc1ccc2ncccc2c1. The Hall–Kier alpha value is -3.65. The normalized spacial score (nSPS) is 11.4. The fourth-order valence-electron chi connectivity index (χ4n) is 3.68. The van der Waals surface area contributed by atoms with Gasteiger partial charge in [-0.15, -0.1) is 0 Å². The van der Waals surface area contributed by atoms with Crippen LogP contribution in [-0.4, -0.2) is 24.5 Å². The zero-order valence-electron chi connectivity index (χ0n) is 18.4. The number of aromatic nitrogens is 2. The fraction of sp³-hybridized carbons (Fsp3) is 0.200. The van der Waals surface area contributed by atoms with Crippen LogP contribution < -0.4 is 15.6 Å². The second-order valence-corrected chi connectivity index (χ2v) is 9.61. The molecule has 0 unspecified atom stereocenters. The van der Waals surface area contributed by atoms with Gasteiger partial charge in [0.2, 0.25) is 10.0 Å². The van der Waals surface area contributed by atoms with Crippen molar-refractivity contribution in [2.24, 2.45) is 0 Å². The predicted molar refractivity (Wildman–Crippen MR) is 133 cm³/mol. The van der Waals surface area contributed by atoms with E-state index < -0.39 is 10.0 Å². The quantitative estimate of drug-likeness (QED) is 0.365. The third kappa shape index (κ3) is 5.78. The minimum absolute atomic E-state index is 0.0616. The summed E-state index contributed by atoms with van der Waals surface area (Å²) in [6.07, 6.45) is 2.47. The summed E-state index contributed by atoms with van der Waals surface area (Å²) in [5, 5.41) is 4.43. The molecule has 33 heavy (non-hydrogen) atoms. The highest BCUT2D eigenvalue weighted by Gasteiger charge is 2.15. The fourth-order valence-corrected chi connectivity index (χ4v) is 4.87. The Bertz CT molecular complexity index is 1420. The summed E-state index contributed by atoms with van der Waals surface area (Å²) in [5.74, 6) is -0.188. The molecule has 0 radical (unpaired) electrons. The lowest BCUT2D eigenvalue weighted by Crippen LogP contribution is -2.28. The number of aryl methyl sites for hydroxylation is 1. The Morgan fingerprint density at radius 3 is 2.61 bits per heavy atom. The lowest BCUT2D eigenvalue weighted by molar-refractivity contribution is 0.599. The van der Waals surface area contributed by atoms with E-state index >= 15 is 0 Å². The number of hydrogen-bond acceptors (Lipinski definition) is 5. The summed E-state index contributed by atoms with van der Waals surface area (Å²) >= 11 is 0. The maximum atomic E-state index is 12.9. The Balaban J connectivity index is 1.39. The van der Waals surface area contributed by atoms with Crippen molar-refractivity contribution in [1.29, 1.82) is 0 Å². The molecule has 0 amide bonds. The summed E-state index contributed by atoms with van der Waals surface area (Å²) in [5.41, 5.74) is 3.09. The van der Waals surface area contributed by atoms with Crippen LogP contribution in [0, 0.1) is 6.92 Å². The van der Waals surface area contributed by atoms with E-state index in [4.69, 9.17) is 0 Å². The Morgan fingerprint density at radius 2 is 1.79 bits per heavy atom. The van der Waals surface area contributed by atoms with Crippen LogP contribution in [0.3, 0.4) is 0 Å². The molecule has 0 bridgehead atoms. The van der Waals surface area contributed by atoms with Crippen molar-refractivity contribution in [3.05, 3.63) is 101 Å². The minimum Gasteiger partial charge on any atom is -0.385 e. The van der Waals surface area contributed by atoms with E-state index in [0.717, 1.165) is 22.3 Å². The lowest BCUT2D eigenvalue weighted by Gasteiger charge is -2.14. The second-order valence-electron chi connectivity index (χ2n) is 7.88. The smallest absolute Gasteiger partial charge is 0.275 e. The van der Waals surface area contributed by atoms with Crippen molar-refractivity contribution in [3.8, 4) is 0 Å². The zero-order chi connectivity index (χ0) is 23.3. The third-order valence-corrected chi connectivity index (χ3v) is 6.59. The number of rotatable bonds is 9. The van der Waals surface area contributed by atoms with Gasteiger partial charge in [0.15, 0.2) is 0 Å². The Morgan fingerprint density at radius 1 is 0.970 bits per heavy atom. The number of pyridine rings is 2. The number of benzene rings is 2. The first kappa shape index (κ1) is 22.5. The molecule has 0 saturated heterocycles. The van der Waals surface area contributed by atoms with Crippen LogP contribution in [0.25, 0.3) is 10.9 Å². The number of nitrogens with zero attached hydrogens (tertiary/aromatic N) is 2. The molecule has 7 nitrogen and oxygen atoms in total. The molecule has 0 fully saturated rings. The first-order valence-corrected chi connectivity index (χ1v) is 12.4. The molecule has 2 aromatic heterocycles. The van der Waals surface area contributed by atoms with E-state index in [9.17, 15) is 13.2 Å². The zero-order valence-corrected chi connectivity index (χ0v) is 19.2. The van der Waals surface area contributed by atoms with Crippen LogP contribution in [0.4, 0.5) is 11.4 Å². The van der Waals surface area contributed by atoms with Crippen molar-refractivity contribution in [1.82, 2.24) is 9.55 Å². The van der Waals surface area contributed by atoms with Crippen LogP contribution in [0.5, 0.6) is 0 Å². The van der Waals surface area contributed by atoms with Gasteiger partial charge >= 0.3 is 0 Å². The Labute approximate surface area is 193 Å². The molecule has 0 aliphatic rings. The molecule has 0 spiro atoms. The van der Waals surface area contributed by atoms with Gasteiger partial charge in [-0.3, -0.25) is 14.5 Å². The summed E-state index contributed by atoms with van der Waals surface area (Å²) in [6, 6.07) is 22.1. The molecule has 2 heterocycles. The molecule has 2 N–H and O–H groups in total. The summed E-state index contributed by atoms with van der Waals surface area (Å²) in [4.78, 5) is 17.3. The minimum atomic E-state index is -3.70. The monoisotopic (exact) mass is 462 g/mol. The van der Waals surface area contributed by atoms with Crippen molar-refractivity contribution in [3.63, 3.8) is 0 Å². The molecule has 8 heteroatoms. The number of fused-ring (bicyclic) bond motifs is 1. The third-order valence-electron chi connectivity index (χ3n) is 5.35. The number of anilines is 2. The van der Waals surface area contributed by atoms with Gasteiger partial charge in [-0.2, -0.15) is 0 Å². The first-order chi connectivity index (χ1) is 15.9. The molecule has 4 rings (SSSR count). The molecule has 0 aliphatic carbocycles. The van der Waals surface area contributed by atoms with E-state index in [1.54, 1.807) is 41.1 Å². The van der Waals surface area contributed by atoms with Gasteiger partial charge in [0.1, 0.15) is 5.69 Å². The molecule has 2 aromatic carbocycles. The predicted octanol–water partition coefficient (Wildman–Crippen LogP) is 4.15. The van der Waals surface area contributed by atoms with Crippen LogP contribution in [0.2, 0.25) is 0 Å². The topological polar surface area (TPSA) is 93.1 Å². The number of nitrogens with one attached hydrogen (secondary N) is 2. The van der Waals surface area contributed by atoms with E-state index in [1.807, 2.05) is 43.3 Å². The molecule has 0 saturated carbocycles. The molecular weight excluding hydrogens is 436 g/mol. The van der Waals surface area contributed by atoms with E-state index in [2.05, 4.69) is 15.0 Å². The number of sulfonamides is 1. The highest BCUT2D eigenvalue weighted by Crippen LogP contribution is 2.17. The molecule has 0 atom stereocenters. The lowest BCUT2D eigenvalue weighted by atomic mass is 10.2. The number of hydrogen-bond donors (Lipinski definition) is 2. The van der Waals surface area contributed by atoms with Gasteiger partial charge < -0.3 is 9.88 Å². The van der Waals surface area contributed by atoms with Gasteiger partial charge in [-0.1, -0.05) is 36.4 Å². The largest absolute Gasteiger partial charge is 0.385 e. The van der Waals surface area contributed by atoms with Crippen molar-refractivity contribution in [2.45, 2.75) is 25.6 Å². The molecular formula is C25H26N4O3S. The van der Waals surface area contributed by atoms with Crippen LogP contribution in [0.15, 0.2) is 83.8 Å². The molecule has 4 aromatic rings. The maximum Gasteiger partial charge on any atom is 0.275 e. The van der Waals surface area contributed by atoms with Gasteiger partial charge in [0, 0.05) is 36.1 Å². The summed E-state index contributed by atoms with van der Waals surface area (Å²) in [6.45, 7) is 2.98. The van der Waals surface area contributed by atoms with Crippen molar-refractivity contribution < 1.29 is 8.42 Å². The standard InChI is InChI=1S/C25H26N4O3S/c1-19-10-12-24(28-33(31,32)18-20-7-3-2-4-8-20)25(30)29(19)16-6-15-26-22-11-13-23-21(17-22)9-5-14-27-23/h2-5,7-14,17,26,28H,6,15-16,18H2,1H3. The van der Waals surface area contributed by atoms with Crippen molar-refractivity contribution in [2.75, 3.05) is 16.6 Å². The van der Waals surface area contributed by atoms with Gasteiger partial charge in [0.25, 0.3) is 5.56 Å². The second kappa shape index (κ2) is 9.87. The van der Waals surface area contributed by atoms with Gasteiger partial charge in [0.05, 0.1) is 11.3 Å². The van der Waals surface area contributed by atoms with E-state index in [0.29, 0.717) is 25.1 Å². The van der Waals surface area contributed by atoms with E-state index in [1.165, 1.54) is 6.07 Å². The van der Waals surface area contributed by atoms with E-state index in [-0.39, 0.29) is 17.0 Å². The van der Waals surface area contributed by atoms with Crippen LogP contribution in [0.1, 0.15) is 17.7 Å². The highest BCUT2D eigenvalue weighted by atomic mass is 32.2. The summed E-state index contributed by atoms with van der Waals surface area (Å²) in [7, 11) is -3.70. The highest BCUT2D eigenvalue weighted by molar-refractivity contribution is 7.91. The van der Waals surface area contributed by atoms with Crippen LogP contribution >= 0.6 is 0 Å². The average molecular weight is 463 g/mol. The van der Waals surface area contributed by atoms with Crippen molar-refractivity contribution >= 4 is 32.3 Å². The molecule has 0 aliphatic heterocycles. The maximum absolute atomic E-state index is 12.9. The Kier molecular flexibility index (Phi) is 6.74. The van der Waals surface area contributed by atoms with Gasteiger partial charge in [-0.05, 0) is 55.3 Å². The first-order valence-electron chi connectivity index (χ1n) is 10.7.